The van der Waals surface area contributed by atoms with Gasteiger partial charge in [-0.25, -0.2) is 12.4 Å². The lowest BCUT2D eigenvalue weighted by Gasteiger charge is -2.43. The van der Waals surface area contributed by atoms with E-state index in [2.05, 4.69) is 53.7 Å². The fourth-order valence-electron chi connectivity index (χ4n) is 4.82. The Hall–Kier alpha value is -3.00. The molecule has 4 aromatic carbocycles. The van der Waals surface area contributed by atoms with E-state index in [4.69, 9.17) is 3.63 Å². The quantitative estimate of drug-likeness (QED) is 0.197. The van der Waals surface area contributed by atoms with Gasteiger partial charge in [0.25, 0.3) is 0 Å². The Morgan fingerprint density at radius 1 is 0.575 bits per heavy atom. The molecule has 0 aliphatic heterocycles. The van der Waals surface area contributed by atoms with Gasteiger partial charge in [0.2, 0.25) is 0 Å². The average Bonchev–Trinajstić information content (AvgIpc) is 2.91. The molecule has 0 bridgehead atoms. The summed E-state index contributed by atoms with van der Waals surface area (Å²) >= 11 is 0. The molecule has 0 amide bonds. The molecule has 0 atom stereocenters. The van der Waals surface area contributed by atoms with Gasteiger partial charge in [-0.3, -0.25) is 0 Å². The van der Waals surface area contributed by atoms with Crippen LogP contribution < -0.4 is 0 Å². The number of hydrogen-bond donors (Lipinski definition) is 0. The molecule has 0 aliphatic rings. The molecule has 0 fully saturated rings. The predicted molar refractivity (Wildman–Crippen MR) is 159 cm³/mol. The third-order valence-electron chi connectivity index (χ3n) is 6.88. The highest BCUT2D eigenvalue weighted by atomic mass is 32.3. The van der Waals surface area contributed by atoms with Gasteiger partial charge in [-0.1, -0.05) is 96.1 Å². The number of hydrogen-bond acceptors (Lipinski definition) is 3. The molecule has 0 unspecified atom stereocenters. The van der Waals surface area contributed by atoms with Gasteiger partial charge >= 0.3 is 10.1 Å². The largest absolute Gasteiger partial charge is 0.313 e. The molecule has 0 heterocycles. The van der Waals surface area contributed by atoms with Gasteiger partial charge in [0.15, 0.2) is 4.90 Å². The van der Waals surface area contributed by atoms with Crippen molar-refractivity contribution in [1.82, 2.24) is 0 Å². The van der Waals surface area contributed by atoms with Gasteiger partial charge in [0, 0.05) is 14.7 Å². The van der Waals surface area contributed by atoms with E-state index >= 15 is 0 Å². The Morgan fingerprint density at radius 2 is 1.00 bits per heavy atom. The van der Waals surface area contributed by atoms with Gasteiger partial charge < -0.3 is 0 Å². The van der Waals surface area contributed by atoms with E-state index in [0.717, 1.165) is 39.8 Å². The predicted octanol–water partition coefficient (Wildman–Crippen LogP) is 9.94. The number of rotatable bonds is 9. The molecule has 0 N–H and O–H groups in total. The van der Waals surface area contributed by atoms with Crippen molar-refractivity contribution in [2.24, 2.45) is 0 Å². The van der Waals surface area contributed by atoms with Crippen molar-refractivity contribution in [3.05, 3.63) is 119 Å². The van der Waals surface area contributed by atoms with Crippen molar-refractivity contribution in [3.8, 4) is 0 Å². The summed E-state index contributed by atoms with van der Waals surface area (Å²) in [7, 11) is -8.04. The molecule has 4 rings (SSSR count). The standard InChI is InChI=1S/C33H36F2O3S2/c1-22(2)25-20-28(23(3)4)32(29(21-25)24(5)6)39(26-14-9-7-10-15-26,27-16-11-8-12-17-27)38-40(36,37)33-30(34)18-13-19-31(33)35/h7-24H,1-6H3. The van der Waals surface area contributed by atoms with E-state index in [1.54, 1.807) is 0 Å². The van der Waals surface area contributed by atoms with Crippen molar-refractivity contribution in [1.29, 1.82) is 0 Å². The summed E-state index contributed by atoms with van der Waals surface area (Å²) < 4.78 is 64.5. The first-order chi connectivity index (χ1) is 18.9. The minimum atomic E-state index is -4.95. The van der Waals surface area contributed by atoms with Crippen LogP contribution in [-0.4, -0.2) is 8.42 Å². The first-order valence-electron chi connectivity index (χ1n) is 13.4. The Bertz CT molecular complexity index is 1490. The van der Waals surface area contributed by atoms with Crippen LogP contribution in [0, 0.1) is 11.6 Å². The van der Waals surface area contributed by atoms with Crippen molar-refractivity contribution in [3.63, 3.8) is 0 Å². The molecule has 212 valence electrons. The van der Waals surface area contributed by atoms with E-state index in [9.17, 15) is 17.2 Å². The zero-order valence-corrected chi connectivity index (χ0v) is 25.3. The highest BCUT2D eigenvalue weighted by molar-refractivity contribution is 8.33. The van der Waals surface area contributed by atoms with Gasteiger partial charge in [-0.2, -0.15) is 8.42 Å². The second kappa shape index (κ2) is 11.9. The summed E-state index contributed by atoms with van der Waals surface area (Å²) in [4.78, 5) is 0.889. The maximum absolute atomic E-state index is 15.0. The molecule has 40 heavy (non-hydrogen) atoms. The summed E-state index contributed by atoms with van der Waals surface area (Å²) in [6.45, 7) is 12.5. The van der Waals surface area contributed by atoms with Crippen LogP contribution in [0.1, 0.15) is 76.0 Å². The van der Waals surface area contributed by atoms with Crippen LogP contribution in [0.25, 0.3) is 0 Å². The Morgan fingerprint density at radius 3 is 1.38 bits per heavy atom. The van der Waals surface area contributed by atoms with E-state index in [1.807, 2.05) is 60.7 Å². The van der Waals surface area contributed by atoms with Crippen molar-refractivity contribution >= 4 is 20.4 Å². The molecule has 0 saturated carbocycles. The lowest BCUT2D eigenvalue weighted by Crippen LogP contribution is -2.20. The number of halogens is 2. The van der Waals surface area contributed by atoms with Crippen molar-refractivity contribution in [2.45, 2.75) is 78.9 Å². The monoisotopic (exact) mass is 582 g/mol. The SMILES string of the molecule is CC(C)c1cc(C(C)C)c(S(OS(=O)(=O)c2c(F)cccc2F)(c2ccccc2)c2ccccc2)c(C(C)C)c1. The molecule has 0 spiro atoms. The zero-order chi connectivity index (χ0) is 29.2. The molecule has 0 aliphatic carbocycles. The van der Waals surface area contributed by atoms with Crippen LogP contribution >= 0.6 is 10.3 Å². The summed E-state index contributed by atoms with van der Waals surface area (Å²) in [5.41, 5.74) is 3.03. The van der Waals surface area contributed by atoms with Crippen LogP contribution in [-0.2, 0) is 13.7 Å². The number of benzene rings is 4. The molecular weight excluding hydrogens is 546 g/mol. The smallest absolute Gasteiger partial charge is 0.205 e. The van der Waals surface area contributed by atoms with Gasteiger partial charge in [-0.15, -0.1) is 0 Å². The van der Waals surface area contributed by atoms with Gasteiger partial charge in [0.05, 0.1) is 0 Å². The summed E-state index contributed by atoms with van der Waals surface area (Å²) in [6, 6.07) is 25.6. The second-order valence-electron chi connectivity index (χ2n) is 10.7. The van der Waals surface area contributed by atoms with Crippen LogP contribution in [0.15, 0.2) is 111 Å². The average molecular weight is 583 g/mol. The van der Waals surface area contributed by atoms with Crippen LogP contribution in [0.3, 0.4) is 0 Å². The first-order valence-corrected chi connectivity index (χ1v) is 16.4. The van der Waals surface area contributed by atoms with E-state index < -0.39 is 37.0 Å². The molecule has 4 aromatic rings. The highest BCUT2D eigenvalue weighted by Crippen LogP contribution is 2.73. The third kappa shape index (κ3) is 5.60. The first kappa shape index (κ1) is 30.0. The van der Waals surface area contributed by atoms with Crippen LogP contribution in [0.2, 0.25) is 0 Å². The maximum Gasteiger partial charge on any atom is 0.313 e. The summed E-state index contributed by atoms with van der Waals surface area (Å²) in [5, 5.41) is 0. The fourth-order valence-corrected chi connectivity index (χ4v) is 10.8. The van der Waals surface area contributed by atoms with E-state index in [1.165, 1.54) is 0 Å². The topological polar surface area (TPSA) is 43.4 Å². The minimum Gasteiger partial charge on any atom is -0.205 e. The Balaban J connectivity index is 2.24. The summed E-state index contributed by atoms with van der Waals surface area (Å²) in [5.74, 6) is -2.15. The van der Waals surface area contributed by atoms with Gasteiger partial charge in [-0.05, 0) is 81.2 Å². The Kier molecular flexibility index (Phi) is 8.88. The Labute approximate surface area is 238 Å². The van der Waals surface area contributed by atoms with Crippen molar-refractivity contribution in [2.75, 3.05) is 0 Å². The maximum atomic E-state index is 15.0. The highest BCUT2D eigenvalue weighted by Gasteiger charge is 2.43. The molecule has 0 radical (unpaired) electrons. The van der Waals surface area contributed by atoms with Gasteiger partial charge in [0.1, 0.15) is 11.6 Å². The second-order valence-corrected chi connectivity index (χ2v) is 15.1. The fraction of sp³-hybridized carbons (Fsp3) is 0.273. The lowest BCUT2D eigenvalue weighted by atomic mass is 9.89. The van der Waals surface area contributed by atoms with Crippen LogP contribution in [0.4, 0.5) is 8.78 Å². The lowest BCUT2D eigenvalue weighted by molar-refractivity contribution is 0.474. The third-order valence-corrected chi connectivity index (χ3v) is 12.2. The van der Waals surface area contributed by atoms with Crippen molar-refractivity contribution < 1.29 is 20.8 Å². The zero-order valence-electron chi connectivity index (χ0n) is 23.7. The van der Waals surface area contributed by atoms with E-state index in [-0.39, 0.29) is 17.8 Å². The molecule has 3 nitrogen and oxygen atoms in total. The molecular formula is C33H36F2O3S2. The molecule has 7 heteroatoms. The van der Waals surface area contributed by atoms with E-state index in [0.29, 0.717) is 9.79 Å². The van der Waals surface area contributed by atoms with Crippen LogP contribution in [0.5, 0.6) is 0 Å². The molecule has 0 aromatic heterocycles. The normalized spacial score (nSPS) is 12.9. The summed E-state index contributed by atoms with van der Waals surface area (Å²) in [6.07, 6.45) is 0. The minimum absolute atomic E-state index is 0.00185. The molecule has 0 saturated heterocycles.